The molecular formula is C20H25ClF3NO. The van der Waals surface area contributed by atoms with Crippen LogP contribution in [-0.4, -0.2) is 44.9 Å². The van der Waals surface area contributed by atoms with E-state index in [2.05, 4.69) is 11.0 Å². The van der Waals surface area contributed by atoms with Crippen LogP contribution in [0.5, 0.6) is 0 Å². The molecule has 2 nitrogen and oxygen atoms in total. The van der Waals surface area contributed by atoms with Gasteiger partial charge in [-0.2, -0.15) is 13.2 Å². The second-order valence-corrected chi connectivity index (χ2v) is 6.67. The minimum absolute atomic E-state index is 0.367. The maximum atomic E-state index is 12.9. The van der Waals surface area contributed by atoms with Crippen LogP contribution in [0.4, 0.5) is 13.2 Å². The molecule has 0 N–H and O–H groups in total. The summed E-state index contributed by atoms with van der Waals surface area (Å²) in [7, 11) is 3.63. The zero-order valence-electron chi connectivity index (χ0n) is 15.6. The van der Waals surface area contributed by atoms with Gasteiger partial charge in [0, 0.05) is 25.2 Å². The van der Waals surface area contributed by atoms with Crippen LogP contribution in [0.25, 0.3) is 0 Å². The molecule has 26 heavy (non-hydrogen) atoms. The summed E-state index contributed by atoms with van der Waals surface area (Å²) in [6.07, 6.45) is 6.22. The summed E-state index contributed by atoms with van der Waals surface area (Å²) in [4.78, 5) is 2.20. The third-order valence-electron chi connectivity index (χ3n) is 4.32. The predicted octanol–water partition coefficient (Wildman–Crippen LogP) is 5.09. The number of alkyl halides is 3. The van der Waals surface area contributed by atoms with Gasteiger partial charge in [0.25, 0.3) is 0 Å². The molecule has 0 spiro atoms. The maximum absolute atomic E-state index is 12.9. The molecule has 1 unspecified atom stereocenters. The number of hydrogen-bond acceptors (Lipinski definition) is 2. The molecule has 0 radical (unpaired) electrons. The molecule has 0 bridgehead atoms. The summed E-state index contributed by atoms with van der Waals surface area (Å²) < 4.78 is 43.9. The second kappa shape index (κ2) is 10.0. The minimum Gasteiger partial charge on any atom is -0.380 e. The van der Waals surface area contributed by atoms with Gasteiger partial charge in [0.15, 0.2) is 5.92 Å². The number of piperidine rings is 1. The Morgan fingerprint density at radius 2 is 2.08 bits per heavy atom. The van der Waals surface area contributed by atoms with E-state index in [9.17, 15) is 13.2 Å². The van der Waals surface area contributed by atoms with E-state index >= 15 is 0 Å². The van der Waals surface area contributed by atoms with Crippen LogP contribution in [0.15, 0.2) is 45.6 Å². The number of allylic oxidation sites excluding steroid dienone is 4. The van der Waals surface area contributed by atoms with E-state index in [1.807, 2.05) is 20.9 Å². The number of methoxy groups -OCH3 is 1. The average molecular weight is 388 g/mol. The Labute approximate surface area is 159 Å². The second-order valence-electron chi connectivity index (χ2n) is 6.23. The van der Waals surface area contributed by atoms with Crippen molar-refractivity contribution in [2.75, 3.05) is 33.9 Å². The van der Waals surface area contributed by atoms with Gasteiger partial charge in [0.1, 0.15) is 0 Å². The molecule has 1 heterocycles. The van der Waals surface area contributed by atoms with Crippen molar-refractivity contribution >= 4 is 11.6 Å². The molecule has 0 aliphatic carbocycles. The molecular weight excluding hydrogens is 363 g/mol. The first-order valence-corrected chi connectivity index (χ1v) is 8.65. The highest BCUT2D eigenvalue weighted by molar-refractivity contribution is 6.30. The van der Waals surface area contributed by atoms with Crippen molar-refractivity contribution in [1.29, 1.82) is 0 Å². The molecule has 1 saturated heterocycles. The normalized spacial score (nSPS) is 22.3. The summed E-state index contributed by atoms with van der Waals surface area (Å²) in [6.45, 7) is 5.92. The Balaban J connectivity index is 3.28. The third kappa shape index (κ3) is 6.05. The van der Waals surface area contributed by atoms with E-state index in [-0.39, 0.29) is 0 Å². The number of nitrogens with zero attached hydrogens (tertiary/aromatic N) is 1. The highest BCUT2D eigenvalue weighted by Crippen LogP contribution is 2.34. The average Bonchev–Trinajstić information content (AvgIpc) is 2.56. The van der Waals surface area contributed by atoms with E-state index in [0.29, 0.717) is 6.61 Å². The first kappa shape index (κ1) is 22.6. The fourth-order valence-corrected chi connectivity index (χ4v) is 3.09. The number of hydrogen-bond donors (Lipinski definition) is 0. The highest BCUT2D eigenvalue weighted by atomic mass is 35.5. The van der Waals surface area contributed by atoms with Crippen LogP contribution in [0.3, 0.4) is 0 Å². The smallest absolute Gasteiger partial charge is 0.380 e. The molecule has 0 amide bonds. The Morgan fingerprint density at radius 1 is 1.42 bits per heavy atom. The molecule has 1 atom stereocenters. The SMILES string of the molecule is C#CC(\C(Cl)=C/C=C(C)/C(COC)=C1\CN(C)CC\C1=C\C)C(F)(F)F. The predicted molar refractivity (Wildman–Crippen MR) is 101 cm³/mol. The summed E-state index contributed by atoms with van der Waals surface area (Å²) in [5.41, 5.74) is 4.13. The highest BCUT2D eigenvalue weighted by Gasteiger charge is 2.40. The largest absolute Gasteiger partial charge is 0.407 e. The van der Waals surface area contributed by atoms with Gasteiger partial charge < -0.3 is 9.64 Å². The minimum atomic E-state index is -4.57. The molecule has 1 aliphatic rings. The fourth-order valence-electron chi connectivity index (χ4n) is 2.84. The van der Waals surface area contributed by atoms with Gasteiger partial charge >= 0.3 is 6.18 Å². The van der Waals surface area contributed by atoms with E-state index in [4.69, 9.17) is 22.8 Å². The molecule has 0 aromatic rings. The van der Waals surface area contributed by atoms with Crippen molar-refractivity contribution < 1.29 is 17.9 Å². The lowest BCUT2D eigenvalue weighted by atomic mass is 9.90. The molecule has 1 rings (SSSR count). The van der Waals surface area contributed by atoms with Gasteiger partial charge in [-0.15, -0.1) is 6.42 Å². The van der Waals surface area contributed by atoms with Crippen molar-refractivity contribution in [3.8, 4) is 12.3 Å². The number of likely N-dealkylation sites (N-methyl/N-ethyl adjacent to an activating group) is 1. The van der Waals surface area contributed by atoms with Crippen LogP contribution in [0.1, 0.15) is 20.3 Å². The molecule has 144 valence electrons. The zero-order chi connectivity index (χ0) is 19.9. The maximum Gasteiger partial charge on any atom is 0.407 e. The lowest BCUT2D eigenvalue weighted by Gasteiger charge is -2.29. The van der Waals surface area contributed by atoms with Crippen LogP contribution in [-0.2, 0) is 4.74 Å². The zero-order valence-corrected chi connectivity index (χ0v) is 16.3. The first-order valence-electron chi connectivity index (χ1n) is 8.27. The number of rotatable bonds is 5. The Kier molecular flexibility index (Phi) is 8.69. The summed E-state index contributed by atoms with van der Waals surface area (Å²) in [5.74, 6) is -0.400. The van der Waals surface area contributed by atoms with Crippen LogP contribution in [0.2, 0.25) is 0 Å². The lowest BCUT2D eigenvalue weighted by molar-refractivity contribution is -0.147. The number of likely N-dealkylation sites (tertiary alicyclic amines) is 1. The van der Waals surface area contributed by atoms with Gasteiger partial charge in [0.05, 0.1) is 6.61 Å². The van der Waals surface area contributed by atoms with E-state index < -0.39 is 17.1 Å². The number of ether oxygens (including phenoxy) is 1. The van der Waals surface area contributed by atoms with Gasteiger partial charge in [-0.05, 0) is 55.7 Å². The van der Waals surface area contributed by atoms with Crippen LogP contribution < -0.4 is 0 Å². The molecule has 6 heteroatoms. The summed E-state index contributed by atoms with van der Waals surface area (Å²) in [5, 5.41) is -0.423. The fraction of sp³-hybridized carbons (Fsp3) is 0.500. The standard InChI is InChI=1S/C20H25ClF3NO/c1-6-15-10-11-25(4)12-16(15)17(13-26-5)14(3)8-9-19(21)18(7-2)20(22,23)24/h2,6,8-9,18H,10-13H2,1,3-5H3/b14-8+,15-6-,17-16+,19-9+. The molecule has 0 aromatic heterocycles. The van der Waals surface area contributed by atoms with Crippen LogP contribution >= 0.6 is 11.6 Å². The van der Waals surface area contributed by atoms with Crippen molar-refractivity contribution in [3.63, 3.8) is 0 Å². The van der Waals surface area contributed by atoms with Crippen molar-refractivity contribution in [2.24, 2.45) is 5.92 Å². The monoisotopic (exact) mass is 387 g/mol. The third-order valence-corrected chi connectivity index (χ3v) is 4.66. The van der Waals surface area contributed by atoms with Crippen molar-refractivity contribution in [1.82, 2.24) is 4.90 Å². The van der Waals surface area contributed by atoms with E-state index in [0.717, 1.165) is 36.2 Å². The number of terminal acetylenes is 1. The Hall–Kier alpha value is -1.48. The van der Waals surface area contributed by atoms with Gasteiger partial charge in [0.2, 0.25) is 0 Å². The van der Waals surface area contributed by atoms with Crippen LogP contribution in [0, 0.1) is 18.3 Å². The quantitative estimate of drug-likeness (QED) is 0.481. The molecule has 1 aliphatic heterocycles. The Bertz CT molecular complexity index is 666. The summed E-state index contributed by atoms with van der Waals surface area (Å²) in [6, 6.07) is 0. The summed E-state index contributed by atoms with van der Waals surface area (Å²) >= 11 is 5.81. The lowest BCUT2D eigenvalue weighted by Crippen LogP contribution is -2.30. The van der Waals surface area contributed by atoms with Gasteiger partial charge in [-0.25, -0.2) is 0 Å². The van der Waals surface area contributed by atoms with E-state index in [1.165, 1.54) is 11.6 Å². The molecule has 0 aromatic carbocycles. The first-order chi connectivity index (χ1) is 12.1. The van der Waals surface area contributed by atoms with Crippen molar-refractivity contribution in [3.05, 3.63) is 45.6 Å². The van der Waals surface area contributed by atoms with Gasteiger partial charge in [-0.1, -0.05) is 29.7 Å². The van der Waals surface area contributed by atoms with E-state index in [1.54, 1.807) is 19.1 Å². The Morgan fingerprint density at radius 3 is 2.58 bits per heavy atom. The topological polar surface area (TPSA) is 12.5 Å². The molecule has 1 fully saturated rings. The van der Waals surface area contributed by atoms with Crippen molar-refractivity contribution in [2.45, 2.75) is 26.4 Å². The molecule has 0 saturated carbocycles. The van der Waals surface area contributed by atoms with Gasteiger partial charge in [-0.3, -0.25) is 0 Å². The number of halogens is 4.